The van der Waals surface area contributed by atoms with E-state index in [0.29, 0.717) is 11.4 Å². The van der Waals surface area contributed by atoms with Gasteiger partial charge in [-0.2, -0.15) is 0 Å². The van der Waals surface area contributed by atoms with E-state index in [1.165, 1.54) is 13.2 Å². The maximum Gasteiger partial charge on any atom is 0.343 e. The van der Waals surface area contributed by atoms with Gasteiger partial charge in [0.25, 0.3) is 0 Å². The highest BCUT2D eigenvalue weighted by Gasteiger charge is 2.11. The van der Waals surface area contributed by atoms with Crippen LogP contribution >= 0.6 is 0 Å². The molecule has 0 aliphatic heterocycles. The quantitative estimate of drug-likeness (QED) is 0.472. The van der Waals surface area contributed by atoms with Gasteiger partial charge in [0.15, 0.2) is 6.61 Å². The maximum atomic E-state index is 12.4. The first-order chi connectivity index (χ1) is 14.0. The third-order valence-corrected chi connectivity index (χ3v) is 4.47. The molecule has 0 aliphatic carbocycles. The van der Waals surface area contributed by atoms with Crippen molar-refractivity contribution in [3.63, 3.8) is 0 Å². The average Bonchev–Trinajstić information content (AvgIpc) is 3.10. The van der Waals surface area contributed by atoms with Crippen LogP contribution in [0.15, 0.2) is 53.0 Å². The molecule has 0 unspecified atom stereocenters. The van der Waals surface area contributed by atoms with Crippen molar-refractivity contribution in [2.75, 3.05) is 19.0 Å². The van der Waals surface area contributed by atoms with Crippen LogP contribution in [-0.4, -0.2) is 25.6 Å². The number of hydrogen-bond acceptors (Lipinski definition) is 5. The fourth-order valence-corrected chi connectivity index (χ4v) is 2.96. The summed E-state index contributed by atoms with van der Waals surface area (Å²) in [5.74, 6) is 0.671. The summed E-state index contributed by atoms with van der Waals surface area (Å²) in [7, 11) is 1.30. The molecule has 1 amide bonds. The smallest absolute Gasteiger partial charge is 0.343 e. The van der Waals surface area contributed by atoms with Crippen LogP contribution < -0.4 is 10.1 Å². The van der Waals surface area contributed by atoms with Crippen LogP contribution in [0.1, 0.15) is 23.8 Å². The van der Waals surface area contributed by atoms with Gasteiger partial charge in [-0.25, -0.2) is 4.79 Å². The fraction of sp³-hybridized carbons (Fsp3) is 0.217. The van der Waals surface area contributed by atoms with Crippen LogP contribution in [0.2, 0.25) is 0 Å². The number of furan rings is 1. The monoisotopic (exact) mass is 393 g/mol. The first kappa shape index (κ1) is 20.2. The Morgan fingerprint density at radius 3 is 2.69 bits per heavy atom. The van der Waals surface area contributed by atoms with Crippen LogP contribution in [0.5, 0.6) is 5.75 Å². The van der Waals surface area contributed by atoms with Gasteiger partial charge in [-0.15, -0.1) is 0 Å². The largest absolute Gasteiger partial charge is 0.482 e. The van der Waals surface area contributed by atoms with Gasteiger partial charge < -0.3 is 19.2 Å². The molecule has 0 spiro atoms. The fourth-order valence-electron chi connectivity index (χ4n) is 2.96. The molecule has 3 rings (SSSR count). The molecule has 0 fully saturated rings. The Morgan fingerprint density at radius 2 is 1.97 bits per heavy atom. The van der Waals surface area contributed by atoms with Crippen molar-refractivity contribution < 1.29 is 23.5 Å². The lowest BCUT2D eigenvalue weighted by Gasteiger charge is -2.10. The number of anilines is 1. The number of methoxy groups -OCH3 is 1. The zero-order valence-electron chi connectivity index (χ0n) is 16.7. The molecule has 29 heavy (non-hydrogen) atoms. The van der Waals surface area contributed by atoms with Crippen molar-refractivity contribution in [1.29, 1.82) is 0 Å². The van der Waals surface area contributed by atoms with Gasteiger partial charge in [0.2, 0.25) is 5.91 Å². The lowest BCUT2D eigenvalue weighted by Crippen LogP contribution is -2.13. The van der Waals surface area contributed by atoms with E-state index in [-0.39, 0.29) is 12.5 Å². The summed E-state index contributed by atoms with van der Waals surface area (Å²) in [5, 5.41) is 3.84. The van der Waals surface area contributed by atoms with Crippen LogP contribution in [0, 0.1) is 6.92 Å². The molecule has 0 saturated carbocycles. The second kappa shape index (κ2) is 9.10. The van der Waals surface area contributed by atoms with Crippen molar-refractivity contribution in [2.24, 2.45) is 0 Å². The van der Waals surface area contributed by atoms with Crippen molar-refractivity contribution in [3.8, 4) is 5.75 Å². The van der Waals surface area contributed by atoms with Crippen LogP contribution in [-0.2, 0) is 20.7 Å². The number of hydrogen-bond donors (Lipinski definition) is 1. The van der Waals surface area contributed by atoms with Crippen molar-refractivity contribution in [3.05, 3.63) is 65.4 Å². The summed E-state index contributed by atoms with van der Waals surface area (Å²) in [6.45, 7) is 3.70. The molecule has 1 N–H and O–H groups in total. The first-order valence-corrected chi connectivity index (χ1v) is 9.31. The minimum absolute atomic E-state index is 0.164. The molecular formula is C23H23NO5. The number of benzene rings is 2. The predicted octanol–water partition coefficient (Wildman–Crippen LogP) is 4.51. The number of carbonyl (C=O) groups excluding carboxylic acids is 2. The highest BCUT2D eigenvalue weighted by atomic mass is 16.6. The van der Waals surface area contributed by atoms with Gasteiger partial charge in [-0.3, -0.25) is 4.79 Å². The third-order valence-electron chi connectivity index (χ3n) is 4.47. The minimum atomic E-state index is -0.455. The molecule has 0 aliphatic rings. The van der Waals surface area contributed by atoms with Crippen LogP contribution in [0.4, 0.5) is 5.69 Å². The molecule has 0 saturated heterocycles. The van der Waals surface area contributed by atoms with Crippen LogP contribution in [0.3, 0.4) is 0 Å². The Morgan fingerprint density at radius 1 is 1.17 bits per heavy atom. The Kier molecular flexibility index (Phi) is 6.34. The number of aryl methyl sites for hydroxylation is 2. The van der Waals surface area contributed by atoms with Crippen molar-refractivity contribution in [1.82, 2.24) is 0 Å². The molecule has 3 aromatic rings. The number of ether oxygens (including phenoxy) is 2. The number of para-hydroxylation sites is 1. The zero-order valence-corrected chi connectivity index (χ0v) is 16.7. The number of esters is 1. The second-order valence-corrected chi connectivity index (χ2v) is 6.45. The summed E-state index contributed by atoms with van der Waals surface area (Å²) in [4.78, 5) is 23.6. The molecule has 1 heterocycles. The van der Waals surface area contributed by atoms with E-state index in [1.807, 2.05) is 38.1 Å². The minimum Gasteiger partial charge on any atom is -0.482 e. The summed E-state index contributed by atoms with van der Waals surface area (Å²) < 4.78 is 15.7. The molecule has 150 valence electrons. The Bertz CT molecular complexity index is 1060. The van der Waals surface area contributed by atoms with Gasteiger partial charge in [0.1, 0.15) is 17.1 Å². The standard InChI is InChI=1S/C23H23NO5/c1-4-20-18(17-7-5-6-8-21(17)29-20)10-12-22(25)24-19-11-9-16(13-15(19)2)28-14-23(26)27-3/h5-13H,4,14H2,1-3H3,(H,24,25). The van der Waals surface area contributed by atoms with Crippen molar-refractivity contribution in [2.45, 2.75) is 20.3 Å². The summed E-state index contributed by atoms with van der Waals surface area (Å²) in [6, 6.07) is 12.9. The van der Waals surface area contributed by atoms with Gasteiger partial charge in [-0.1, -0.05) is 25.1 Å². The number of fused-ring (bicyclic) bond motifs is 1. The topological polar surface area (TPSA) is 77.8 Å². The number of rotatable bonds is 7. The lowest BCUT2D eigenvalue weighted by atomic mass is 10.1. The van der Waals surface area contributed by atoms with E-state index in [9.17, 15) is 9.59 Å². The Balaban J connectivity index is 1.70. The summed E-state index contributed by atoms with van der Waals surface area (Å²) in [6.07, 6.45) is 4.02. The van der Waals surface area contributed by atoms with E-state index in [1.54, 1.807) is 24.3 Å². The molecule has 1 aromatic heterocycles. The second-order valence-electron chi connectivity index (χ2n) is 6.45. The third kappa shape index (κ3) is 4.85. The first-order valence-electron chi connectivity index (χ1n) is 9.31. The van der Waals surface area contributed by atoms with E-state index >= 15 is 0 Å². The number of nitrogens with one attached hydrogen (secondary N) is 1. The SMILES string of the molecule is CCc1oc2ccccc2c1C=CC(=O)Nc1ccc(OCC(=O)OC)cc1C. The number of carbonyl (C=O) groups is 2. The molecule has 0 atom stereocenters. The van der Waals surface area contributed by atoms with Crippen LogP contribution in [0.25, 0.3) is 17.0 Å². The molecule has 6 heteroatoms. The Hall–Kier alpha value is -3.54. The average molecular weight is 393 g/mol. The van der Waals surface area contributed by atoms with Gasteiger partial charge in [0, 0.05) is 29.1 Å². The summed E-state index contributed by atoms with van der Waals surface area (Å²) >= 11 is 0. The van der Waals surface area contributed by atoms with E-state index in [2.05, 4.69) is 10.1 Å². The van der Waals surface area contributed by atoms with Crippen molar-refractivity contribution >= 4 is 34.6 Å². The van der Waals surface area contributed by atoms with Gasteiger partial charge in [-0.05, 0) is 42.8 Å². The molecular weight excluding hydrogens is 370 g/mol. The molecule has 0 radical (unpaired) electrons. The lowest BCUT2D eigenvalue weighted by molar-refractivity contribution is -0.142. The van der Waals surface area contributed by atoms with E-state index < -0.39 is 5.97 Å². The van der Waals surface area contributed by atoms with E-state index in [0.717, 1.165) is 34.3 Å². The van der Waals surface area contributed by atoms with Gasteiger partial charge in [0.05, 0.1) is 7.11 Å². The highest BCUT2D eigenvalue weighted by molar-refractivity contribution is 6.04. The maximum absolute atomic E-state index is 12.4. The highest BCUT2D eigenvalue weighted by Crippen LogP contribution is 2.27. The summed E-state index contributed by atoms with van der Waals surface area (Å²) in [5.41, 5.74) is 3.21. The van der Waals surface area contributed by atoms with E-state index in [4.69, 9.17) is 9.15 Å². The normalized spacial score (nSPS) is 11.0. The van der Waals surface area contributed by atoms with Gasteiger partial charge >= 0.3 is 5.97 Å². The molecule has 2 aromatic carbocycles. The Labute approximate surface area is 169 Å². The predicted molar refractivity (Wildman–Crippen MR) is 112 cm³/mol. The molecule has 0 bridgehead atoms. The number of amides is 1. The zero-order chi connectivity index (χ0) is 20.8. The molecule has 6 nitrogen and oxygen atoms in total.